The van der Waals surface area contributed by atoms with E-state index in [0.717, 1.165) is 25.2 Å². The van der Waals surface area contributed by atoms with Gasteiger partial charge in [-0.2, -0.15) is 5.10 Å². The minimum Gasteiger partial charge on any atom is -0.508 e. The summed E-state index contributed by atoms with van der Waals surface area (Å²) in [7, 11) is 1.97. The molecule has 0 saturated carbocycles. The van der Waals surface area contributed by atoms with Crippen molar-refractivity contribution in [3.05, 3.63) is 46.8 Å². The second kappa shape index (κ2) is 5.89. The molecule has 0 amide bonds. The summed E-state index contributed by atoms with van der Waals surface area (Å²) in [4.78, 5) is 0. The molecule has 1 aromatic heterocycles. The first-order valence-corrected chi connectivity index (χ1v) is 6.55. The van der Waals surface area contributed by atoms with Crippen LogP contribution in [0.5, 0.6) is 5.75 Å². The quantitative estimate of drug-likeness (QED) is 0.808. The first kappa shape index (κ1) is 13.6. The van der Waals surface area contributed by atoms with Gasteiger partial charge >= 0.3 is 0 Å². The Balaban J connectivity index is 1.82. The number of phenolic OH excluding ortho intramolecular Hbond substituents is 1. The maximum atomic E-state index is 9.22. The van der Waals surface area contributed by atoms with Crippen molar-refractivity contribution in [2.75, 3.05) is 6.54 Å². The van der Waals surface area contributed by atoms with Crippen LogP contribution in [0.1, 0.15) is 22.5 Å². The van der Waals surface area contributed by atoms with Crippen LogP contribution in [-0.2, 0) is 20.0 Å². The first-order valence-electron chi connectivity index (χ1n) is 6.55. The van der Waals surface area contributed by atoms with E-state index >= 15 is 0 Å². The second-order valence-electron chi connectivity index (χ2n) is 4.87. The van der Waals surface area contributed by atoms with Crippen LogP contribution in [0.25, 0.3) is 0 Å². The fourth-order valence-electron chi connectivity index (χ4n) is 2.18. The fraction of sp³-hybridized carbons (Fsp3) is 0.400. The topological polar surface area (TPSA) is 50.1 Å². The van der Waals surface area contributed by atoms with Crippen LogP contribution in [0.15, 0.2) is 24.3 Å². The molecular weight excluding hydrogens is 238 g/mol. The van der Waals surface area contributed by atoms with Gasteiger partial charge in [0.25, 0.3) is 0 Å². The number of rotatable bonds is 5. The van der Waals surface area contributed by atoms with E-state index in [1.807, 2.05) is 30.8 Å². The molecule has 1 aromatic carbocycles. The lowest BCUT2D eigenvalue weighted by atomic mass is 10.1. The predicted octanol–water partition coefficient (Wildman–Crippen LogP) is 2.07. The van der Waals surface area contributed by atoms with Crippen molar-refractivity contribution in [1.29, 1.82) is 0 Å². The standard InChI is InChI=1S/C15H21N3O/c1-11-15(12(2)18(3)17-11)10-16-9-8-13-4-6-14(19)7-5-13/h4-7,16,19H,8-10H2,1-3H3. The third kappa shape index (κ3) is 3.35. The molecule has 0 spiro atoms. The van der Waals surface area contributed by atoms with Gasteiger partial charge in [0.1, 0.15) is 5.75 Å². The van der Waals surface area contributed by atoms with Crippen molar-refractivity contribution < 1.29 is 5.11 Å². The van der Waals surface area contributed by atoms with Gasteiger partial charge in [-0.1, -0.05) is 12.1 Å². The van der Waals surface area contributed by atoms with Crippen molar-refractivity contribution >= 4 is 0 Å². The molecule has 0 saturated heterocycles. The number of aromatic nitrogens is 2. The monoisotopic (exact) mass is 259 g/mol. The van der Waals surface area contributed by atoms with Crippen LogP contribution in [0.2, 0.25) is 0 Å². The highest BCUT2D eigenvalue weighted by atomic mass is 16.3. The van der Waals surface area contributed by atoms with Gasteiger partial charge in [0.15, 0.2) is 0 Å². The molecule has 2 N–H and O–H groups in total. The molecule has 0 radical (unpaired) electrons. The van der Waals surface area contributed by atoms with E-state index in [9.17, 15) is 5.11 Å². The van der Waals surface area contributed by atoms with Crippen LogP contribution in [0.3, 0.4) is 0 Å². The molecule has 0 aliphatic heterocycles. The lowest BCUT2D eigenvalue weighted by molar-refractivity contribution is 0.475. The van der Waals surface area contributed by atoms with E-state index < -0.39 is 0 Å². The van der Waals surface area contributed by atoms with Crippen LogP contribution >= 0.6 is 0 Å². The zero-order valence-corrected chi connectivity index (χ0v) is 11.8. The number of phenols is 1. The number of aromatic hydroxyl groups is 1. The lowest BCUT2D eigenvalue weighted by Gasteiger charge is -2.06. The average molecular weight is 259 g/mol. The Morgan fingerprint density at radius 1 is 1.21 bits per heavy atom. The lowest BCUT2D eigenvalue weighted by Crippen LogP contribution is -2.17. The Labute approximate surface area is 114 Å². The van der Waals surface area contributed by atoms with Crippen molar-refractivity contribution in [3.8, 4) is 5.75 Å². The van der Waals surface area contributed by atoms with E-state index in [2.05, 4.69) is 17.3 Å². The largest absolute Gasteiger partial charge is 0.508 e. The van der Waals surface area contributed by atoms with E-state index in [1.165, 1.54) is 16.8 Å². The summed E-state index contributed by atoms with van der Waals surface area (Å²) in [5.41, 5.74) is 4.82. The first-order chi connectivity index (χ1) is 9.08. The van der Waals surface area contributed by atoms with E-state index in [1.54, 1.807) is 12.1 Å². The highest BCUT2D eigenvalue weighted by Gasteiger charge is 2.08. The molecule has 1 heterocycles. The van der Waals surface area contributed by atoms with Crippen LogP contribution in [-0.4, -0.2) is 21.4 Å². The van der Waals surface area contributed by atoms with E-state index in [4.69, 9.17) is 0 Å². The SMILES string of the molecule is Cc1nn(C)c(C)c1CNCCc1ccc(O)cc1. The molecule has 0 aliphatic carbocycles. The van der Waals surface area contributed by atoms with Gasteiger partial charge in [-0.3, -0.25) is 4.68 Å². The van der Waals surface area contributed by atoms with E-state index in [0.29, 0.717) is 5.75 Å². The Bertz CT molecular complexity index is 543. The van der Waals surface area contributed by atoms with Gasteiger partial charge < -0.3 is 10.4 Å². The van der Waals surface area contributed by atoms with E-state index in [-0.39, 0.29) is 0 Å². The molecule has 0 bridgehead atoms. The summed E-state index contributed by atoms with van der Waals surface area (Å²) in [6, 6.07) is 7.37. The second-order valence-corrected chi connectivity index (χ2v) is 4.87. The molecule has 2 rings (SSSR count). The van der Waals surface area contributed by atoms with Crippen molar-refractivity contribution in [3.63, 3.8) is 0 Å². The minimum atomic E-state index is 0.318. The number of aryl methyl sites for hydroxylation is 2. The number of hydrogen-bond acceptors (Lipinski definition) is 3. The summed E-state index contributed by atoms with van der Waals surface area (Å²) in [6.07, 6.45) is 0.957. The maximum absolute atomic E-state index is 9.22. The molecule has 0 fully saturated rings. The molecule has 0 atom stereocenters. The Hall–Kier alpha value is -1.81. The summed E-state index contributed by atoms with van der Waals surface area (Å²) >= 11 is 0. The van der Waals surface area contributed by atoms with Gasteiger partial charge in [-0.15, -0.1) is 0 Å². The molecule has 102 valence electrons. The molecule has 4 nitrogen and oxygen atoms in total. The summed E-state index contributed by atoms with van der Waals surface area (Å²) < 4.78 is 1.92. The highest BCUT2D eigenvalue weighted by Crippen LogP contribution is 2.12. The molecule has 2 aromatic rings. The Kier molecular flexibility index (Phi) is 4.22. The van der Waals surface area contributed by atoms with Gasteiger partial charge in [0.2, 0.25) is 0 Å². The van der Waals surface area contributed by atoms with Crippen LogP contribution in [0.4, 0.5) is 0 Å². The smallest absolute Gasteiger partial charge is 0.115 e. The molecule has 19 heavy (non-hydrogen) atoms. The van der Waals surface area contributed by atoms with Crippen LogP contribution in [0, 0.1) is 13.8 Å². The third-order valence-electron chi connectivity index (χ3n) is 3.49. The summed E-state index contributed by atoms with van der Waals surface area (Å²) in [5.74, 6) is 0.318. The summed E-state index contributed by atoms with van der Waals surface area (Å²) in [5, 5.41) is 17.1. The number of benzene rings is 1. The number of hydrogen-bond donors (Lipinski definition) is 2. The number of nitrogens with zero attached hydrogens (tertiary/aromatic N) is 2. The Morgan fingerprint density at radius 2 is 1.89 bits per heavy atom. The molecule has 0 aliphatic rings. The van der Waals surface area contributed by atoms with Gasteiger partial charge in [-0.25, -0.2) is 0 Å². The van der Waals surface area contributed by atoms with Crippen LogP contribution < -0.4 is 5.32 Å². The average Bonchev–Trinajstić information content (AvgIpc) is 2.62. The third-order valence-corrected chi connectivity index (χ3v) is 3.49. The number of nitrogens with one attached hydrogen (secondary N) is 1. The molecular formula is C15H21N3O. The zero-order chi connectivity index (χ0) is 13.8. The van der Waals surface area contributed by atoms with Crippen molar-refractivity contribution in [1.82, 2.24) is 15.1 Å². The zero-order valence-electron chi connectivity index (χ0n) is 11.8. The van der Waals surface area contributed by atoms with Crippen molar-refractivity contribution in [2.24, 2.45) is 7.05 Å². The van der Waals surface area contributed by atoms with Gasteiger partial charge in [-0.05, 0) is 44.5 Å². The Morgan fingerprint density at radius 3 is 2.47 bits per heavy atom. The molecule has 0 unspecified atom stereocenters. The fourth-order valence-corrected chi connectivity index (χ4v) is 2.18. The maximum Gasteiger partial charge on any atom is 0.115 e. The molecule has 4 heteroatoms. The summed E-state index contributed by atoms with van der Waals surface area (Å²) in [6.45, 7) is 5.91. The highest BCUT2D eigenvalue weighted by molar-refractivity contribution is 5.26. The van der Waals surface area contributed by atoms with Gasteiger partial charge in [0.05, 0.1) is 5.69 Å². The normalized spacial score (nSPS) is 10.9. The minimum absolute atomic E-state index is 0.318. The predicted molar refractivity (Wildman–Crippen MR) is 76.2 cm³/mol. The van der Waals surface area contributed by atoms with Crippen molar-refractivity contribution in [2.45, 2.75) is 26.8 Å². The van der Waals surface area contributed by atoms with Gasteiger partial charge in [0, 0.05) is 24.8 Å².